The van der Waals surface area contributed by atoms with Crippen LogP contribution < -0.4 is 39.7 Å². The van der Waals surface area contributed by atoms with Gasteiger partial charge in [0, 0.05) is 25.6 Å². The number of hydrogen-bond acceptors (Lipinski definition) is 9. The molecule has 0 saturated carbocycles. The van der Waals surface area contributed by atoms with E-state index in [-0.39, 0.29) is 28.8 Å². The Hall–Kier alpha value is -4.93. The predicted molar refractivity (Wildman–Crippen MR) is 184 cm³/mol. The summed E-state index contributed by atoms with van der Waals surface area (Å²) in [6.45, 7) is 6.33. The molecule has 0 radical (unpaired) electrons. The summed E-state index contributed by atoms with van der Waals surface area (Å²) in [7, 11) is 7.88. The van der Waals surface area contributed by atoms with Gasteiger partial charge in [-0.2, -0.15) is 0 Å². The van der Waals surface area contributed by atoms with Gasteiger partial charge in [0.1, 0.15) is 6.04 Å². The third-order valence-corrected chi connectivity index (χ3v) is 9.19. The zero-order valence-electron chi connectivity index (χ0n) is 28.9. The molecule has 11 heteroatoms. The summed E-state index contributed by atoms with van der Waals surface area (Å²) in [6, 6.07) is 9.82. The molecule has 48 heavy (non-hydrogen) atoms. The topological polar surface area (TPSA) is 125 Å². The molecule has 0 aromatic heterocycles. The second kappa shape index (κ2) is 14.5. The third kappa shape index (κ3) is 6.58. The van der Waals surface area contributed by atoms with Crippen LogP contribution in [0.1, 0.15) is 55.5 Å². The van der Waals surface area contributed by atoms with Gasteiger partial charge in [0.25, 0.3) is 0 Å². The first kappa shape index (κ1) is 34.4. The average Bonchev–Trinajstić information content (AvgIpc) is 3.32. The fraction of sp³-hybridized carbons (Fsp3) is 0.432. The molecule has 0 unspecified atom stereocenters. The largest absolute Gasteiger partial charge is 0.493 e. The van der Waals surface area contributed by atoms with E-state index in [1.54, 1.807) is 47.7 Å². The van der Waals surface area contributed by atoms with Crippen LogP contribution in [0, 0.1) is 5.92 Å². The number of anilines is 1. The summed E-state index contributed by atoms with van der Waals surface area (Å²) in [5.41, 5.74) is 5.15. The Morgan fingerprint density at radius 1 is 0.812 bits per heavy atom. The molecule has 1 aliphatic heterocycles. The minimum absolute atomic E-state index is 0.0992. The Morgan fingerprint density at radius 3 is 2.06 bits per heavy atom. The van der Waals surface area contributed by atoms with Gasteiger partial charge in [0.05, 0.1) is 47.3 Å². The Morgan fingerprint density at radius 2 is 1.46 bits per heavy atom. The number of fused-ring (bicyclic) bond motifs is 4. The molecular weight excluding hydrogens is 614 g/mol. The number of carbonyl (C=O) groups excluding carboxylic acids is 2. The zero-order chi connectivity index (χ0) is 34.7. The van der Waals surface area contributed by atoms with E-state index in [9.17, 15) is 14.4 Å². The lowest BCUT2D eigenvalue weighted by Crippen LogP contribution is -2.47. The van der Waals surface area contributed by atoms with Crippen molar-refractivity contribution in [3.8, 4) is 39.9 Å². The standard InChI is InChI=1S/C37H45N3O8/c1-20(2)34(37(43)40-14-13-22-15-30(44-4)31(45-5)17-24(22)19-40)39-28-12-10-25-26(18-29(28)42)27(38-21(3)41)11-9-23-16-32(46-6)35(47-7)36(48-8)33(23)25/h10,12,15-18,20,27,34H,9,11,13-14,19H2,1-8H3,(H,38,41)(H,39,42)/t27-,34-/m0/s1. The van der Waals surface area contributed by atoms with E-state index in [4.69, 9.17) is 23.7 Å². The van der Waals surface area contributed by atoms with Gasteiger partial charge in [0.2, 0.25) is 23.0 Å². The number of rotatable bonds is 10. The van der Waals surface area contributed by atoms with E-state index >= 15 is 0 Å². The second-order valence-corrected chi connectivity index (χ2v) is 12.4. The van der Waals surface area contributed by atoms with Crippen molar-refractivity contribution in [1.29, 1.82) is 0 Å². The second-order valence-electron chi connectivity index (χ2n) is 12.4. The van der Waals surface area contributed by atoms with Crippen LogP contribution in [-0.4, -0.2) is 64.8 Å². The summed E-state index contributed by atoms with van der Waals surface area (Å²) in [5.74, 6) is 2.27. The van der Waals surface area contributed by atoms with Crippen molar-refractivity contribution in [1.82, 2.24) is 10.2 Å². The highest BCUT2D eigenvalue weighted by molar-refractivity contribution is 5.86. The number of ether oxygens (including phenoxy) is 5. The van der Waals surface area contributed by atoms with Crippen molar-refractivity contribution in [2.24, 2.45) is 5.92 Å². The monoisotopic (exact) mass is 659 g/mol. The molecule has 0 spiro atoms. The van der Waals surface area contributed by atoms with Crippen molar-refractivity contribution >= 4 is 17.5 Å². The first-order valence-corrected chi connectivity index (χ1v) is 16.1. The minimum atomic E-state index is -0.668. The van der Waals surface area contributed by atoms with Gasteiger partial charge < -0.3 is 39.2 Å². The summed E-state index contributed by atoms with van der Waals surface area (Å²) < 4.78 is 28.2. The number of methoxy groups -OCH3 is 5. The van der Waals surface area contributed by atoms with E-state index < -0.39 is 12.1 Å². The van der Waals surface area contributed by atoms with E-state index in [2.05, 4.69) is 10.6 Å². The number of nitrogens with one attached hydrogen (secondary N) is 2. The van der Waals surface area contributed by atoms with Crippen LogP contribution in [0.25, 0.3) is 11.1 Å². The fourth-order valence-electron chi connectivity index (χ4n) is 6.78. The summed E-state index contributed by atoms with van der Waals surface area (Å²) in [5, 5.41) is 6.34. The molecule has 5 rings (SSSR count). The molecule has 1 heterocycles. The smallest absolute Gasteiger partial charge is 0.245 e. The third-order valence-electron chi connectivity index (χ3n) is 9.19. The van der Waals surface area contributed by atoms with Crippen LogP contribution in [-0.2, 0) is 29.0 Å². The molecule has 256 valence electrons. The molecule has 0 fully saturated rings. The van der Waals surface area contributed by atoms with Gasteiger partial charge in [0.15, 0.2) is 23.0 Å². The summed E-state index contributed by atoms with van der Waals surface area (Å²) >= 11 is 0. The van der Waals surface area contributed by atoms with E-state index in [0.717, 1.165) is 22.3 Å². The number of aryl methyl sites for hydroxylation is 1. The van der Waals surface area contributed by atoms with Crippen LogP contribution in [0.5, 0.6) is 28.7 Å². The Bertz CT molecular complexity index is 1770. The Kier molecular flexibility index (Phi) is 10.4. The van der Waals surface area contributed by atoms with Crippen molar-refractivity contribution < 1.29 is 33.3 Å². The van der Waals surface area contributed by atoms with Gasteiger partial charge in [-0.05, 0) is 83.3 Å². The van der Waals surface area contributed by atoms with Gasteiger partial charge in [-0.15, -0.1) is 0 Å². The van der Waals surface area contributed by atoms with Crippen molar-refractivity contribution in [2.75, 3.05) is 47.4 Å². The van der Waals surface area contributed by atoms with Crippen molar-refractivity contribution in [3.05, 3.63) is 68.9 Å². The molecule has 0 bridgehead atoms. The number of nitrogens with zero attached hydrogens (tertiary/aromatic N) is 1. The number of amides is 2. The van der Waals surface area contributed by atoms with Crippen molar-refractivity contribution in [3.63, 3.8) is 0 Å². The van der Waals surface area contributed by atoms with Crippen LogP contribution in [0.4, 0.5) is 5.69 Å². The fourth-order valence-corrected chi connectivity index (χ4v) is 6.78. The molecule has 1 aliphatic carbocycles. The van der Waals surface area contributed by atoms with E-state index in [0.29, 0.717) is 72.2 Å². The highest BCUT2D eigenvalue weighted by Crippen LogP contribution is 2.50. The van der Waals surface area contributed by atoms with Crippen LogP contribution in [0.15, 0.2) is 41.2 Å². The maximum atomic E-state index is 14.1. The van der Waals surface area contributed by atoms with Gasteiger partial charge in [-0.1, -0.05) is 19.9 Å². The molecule has 2 N–H and O–H groups in total. The molecule has 3 aromatic rings. The van der Waals surface area contributed by atoms with Crippen LogP contribution in [0.2, 0.25) is 0 Å². The van der Waals surface area contributed by atoms with Gasteiger partial charge in [-0.25, -0.2) is 0 Å². The van der Waals surface area contributed by atoms with Gasteiger partial charge >= 0.3 is 0 Å². The molecule has 3 aromatic carbocycles. The molecule has 0 saturated heterocycles. The molecule has 2 atom stereocenters. The first-order chi connectivity index (χ1) is 23.0. The zero-order valence-corrected chi connectivity index (χ0v) is 28.9. The Balaban J connectivity index is 1.55. The summed E-state index contributed by atoms with van der Waals surface area (Å²) in [6.07, 6.45) is 1.81. The molecule has 2 amide bonds. The highest BCUT2D eigenvalue weighted by atomic mass is 16.5. The Labute approximate surface area is 281 Å². The highest BCUT2D eigenvalue weighted by Gasteiger charge is 2.32. The normalized spacial score (nSPS) is 15.6. The quantitative estimate of drug-likeness (QED) is 0.313. The number of carbonyl (C=O) groups is 2. The molecular formula is C37H45N3O8. The lowest BCUT2D eigenvalue weighted by molar-refractivity contribution is -0.133. The summed E-state index contributed by atoms with van der Waals surface area (Å²) in [4.78, 5) is 42.2. The number of benzene rings is 2. The SMILES string of the molecule is COc1cc2c(cc1OC)CN(C(=O)[C@@H](Nc1ccc3c(cc1=O)[C@@H](NC(C)=O)CCc1cc(OC)c(OC)c(OC)c1-3)C(C)C)CC2. The van der Waals surface area contributed by atoms with E-state index in [1.165, 1.54) is 6.92 Å². The molecule has 11 nitrogen and oxygen atoms in total. The van der Waals surface area contributed by atoms with Crippen LogP contribution in [0.3, 0.4) is 0 Å². The van der Waals surface area contributed by atoms with Crippen LogP contribution >= 0.6 is 0 Å². The predicted octanol–water partition coefficient (Wildman–Crippen LogP) is 4.90. The van der Waals surface area contributed by atoms with E-state index in [1.807, 2.05) is 43.0 Å². The maximum Gasteiger partial charge on any atom is 0.245 e. The first-order valence-electron chi connectivity index (χ1n) is 16.1. The minimum Gasteiger partial charge on any atom is -0.493 e. The lowest BCUT2D eigenvalue weighted by Gasteiger charge is -2.34. The maximum absolute atomic E-state index is 14.1. The van der Waals surface area contributed by atoms with Gasteiger partial charge in [-0.3, -0.25) is 14.4 Å². The average molecular weight is 660 g/mol. The number of hydrogen-bond donors (Lipinski definition) is 2. The van der Waals surface area contributed by atoms with Crippen molar-refractivity contribution in [2.45, 2.75) is 58.7 Å². The molecule has 2 aliphatic rings. The lowest BCUT2D eigenvalue weighted by atomic mass is 9.95.